The Balaban J connectivity index is 1.68. The first-order valence-electron chi connectivity index (χ1n) is 9.42. The average molecular weight is 394 g/mol. The van der Waals surface area contributed by atoms with E-state index >= 15 is 0 Å². The molecule has 0 aliphatic rings. The van der Waals surface area contributed by atoms with Gasteiger partial charge in [-0.1, -0.05) is 55.5 Å². The fourth-order valence-corrected chi connectivity index (χ4v) is 3.93. The van der Waals surface area contributed by atoms with E-state index in [-0.39, 0.29) is 17.8 Å². The highest BCUT2D eigenvalue weighted by Crippen LogP contribution is 2.27. The van der Waals surface area contributed by atoms with Gasteiger partial charge in [0, 0.05) is 10.6 Å². The van der Waals surface area contributed by atoms with Gasteiger partial charge in [-0.15, -0.1) is 11.8 Å². The first kappa shape index (κ1) is 20.2. The van der Waals surface area contributed by atoms with Gasteiger partial charge in [-0.05, 0) is 54.3 Å². The van der Waals surface area contributed by atoms with Crippen LogP contribution in [0.15, 0.2) is 77.7 Å². The minimum atomic E-state index is -0.241. The molecule has 0 fully saturated rings. The van der Waals surface area contributed by atoms with Crippen LogP contribution in [0.4, 0.5) is 4.39 Å². The number of hydrogen-bond donors (Lipinski definition) is 1. The van der Waals surface area contributed by atoms with Crippen LogP contribution in [0, 0.1) is 5.82 Å². The topological polar surface area (TPSA) is 29.1 Å². The Labute approximate surface area is 170 Å². The van der Waals surface area contributed by atoms with Crippen molar-refractivity contribution in [3.05, 3.63) is 101 Å². The lowest BCUT2D eigenvalue weighted by Gasteiger charge is -2.16. The molecule has 0 saturated carbocycles. The van der Waals surface area contributed by atoms with Crippen LogP contribution in [0.2, 0.25) is 0 Å². The fraction of sp³-hybridized carbons (Fsp3) is 0.208. The summed E-state index contributed by atoms with van der Waals surface area (Å²) in [6.07, 6.45) is 1.000. The highest BCUT2D eigenvalue weighted by Gasteiger charge is 2.15. The molecule has 0 saturated heterocycles. The first-order valence-corrected chi connectivity index (χ1v) is 10.4. The van der Waals surface area contributed by atoms with Crippen molar-refractivity contribution in [1.29, 1.82) is 0 Å². The Morgan fingerprint density at radius 1 is 0.964 bits per heavy atom. The molecule has 1 N–H and O–H groups in total. The quantitative estimate of drug-likeness (QED) is 0.486. The van der Waals surface area contributed by atoms with Crippen LogP contribution in [0.5, 0.6) is 0 Å². The van der Waals surface area contributed by atoms with Crippen molar-refractivity contribution in [2.45, 2.75) is 37.0 Å². The van der Waals surface area contributed by atoms with Crippen molar-refractivity contribution in [2.24, 2.45) is 0 Å². The van der Waals surface area contributed by atoms with Gasteiger partial charge in [-0.2, -0.15) is 0 Å². The predicted octanol–water partition coefficient (Wildman–Crippen LogP) is 6.17. The highest BCUT2D eigenvalue weighted by molar-refractivity contribution is 7.98. The molecule has 0 spiro atoms. The summed E-state index contributed by atoms with van der Waals surface area (Å²) < 4.78 is 13.1. The Morgan fingerprint density at radius 3 is 2.29 bits per heavy atom. The molecule has 2 nitrogen and oxygen atoms in total. The van der Waals surface area contributed by atoms with Crippen LogP contribution in [0.3, 0.4) is 0 Å². The second-order valence-corrected chi connectivity index (χ2v) is 7.72. The molecular weight excluding hydrogens is 369 g/mol. The predicted molar refractivity (Wildman–Crippen MR) is 114 cm³/mol. The summed E-state index contributed by atoms with van der Waals surface area (Å²) in [5, 5.41) is 3.09. The molecule has 0 aliphatic carbocycles. The van der Waals surface area contributed by atoms with Gasteiger partial charge >= 0.3 is 0 Å². The molecule has 0 heterocycles. The second-order valence-electron chi connectivity index (χ2n) is 6.70. The van der Waals surface area contributed by atoms with Crippen molar-refractivity contribution < 1.29 is 9.18 Å². The molecular formula is C24H24FNOS. The molecule has 0 aromatic heterocycles. The maximum atomic E-state index is 13.1. The zero-order valence-electron chi connectivity index (χ0n) is 16.1. The van der Waals surface area contributed by atoms with Gasteiger partial charge < -0.3 is 5.32 Å². The largest absolute Gasteiger partial charge is 0.345 e. The van der Waals surface area contributed by atoms with E-state index in [1.54, 1.807) is 23.9 Å². The third-order valence-corrected chi connectivity index (χ3v) is 5.82. The Bertz CT molecular complexity index is 922. The molecule has 144 valence electrons. The maximum absolute atomic E-state index is 13.1. The standard InChI is InChI=1S/C24H24FNOS/c1-3-18-8-12-20(13-9-18)17(2)26-24(27)22-6-4-5-7-23(22)28-16-19-10-14-21(25)15-11-19/h4-15,17H,3,16H2,1-2H3,(H,26,27)/t17-/m0/s1. The van der Waals surface area contributed by atoms with Crippen LogP contribution in [0.1, 0.15) is 46.9 Å². The van der Waals surface area contributed by atoms with Crippen LogP contribution < -0.4 is 5.32 Å². The number of hydrogen-bond acceptors (Lipinski definition) is 2. The van der Waals surface area contributed by atoms with Crippen molar-refractivity contribution in [3.63, 3.8) is 0 Å². The number of thioether (sulfide) groups is 1. The molecule has 1 atom stereocenters. The van der Waals surface area contributed by atoms with E-state index < -0.39 is 0 Å². The molecule has 1 amide bonds. The zero-order valence-corrected chi connectivity index (χ0v) is 16.9. The third-order valence-electron chi connectivity index (χ3n) is 4.67. The van der Waals surface area contributed by atoms with E-state index in [0.29, 0.717) is 11.3 Å². The van der Waals surface area contributed by atoms with Crippen LogP contribution in [-0.2, 0) is 12.2 Å². The average Bonchev–Trinajstić information content (AvgIpc) is 2.73. The summed E-state index contributed by atoms with van der Waals surface area (Å²) in [4.78, 5) is 13.8. The van der Waals surface area contributed by atoms with E-state index in [0.717, 1.165) is 22.4 Å². The van der Waals surface area contributed by atoms with Gasteiger partial charge in [0.15, 0.2) is 0 Å². The summed E-state index contributed by atoms with van der Waals surface area (Å²) in [6, 6.07) is 22.3. The van der Waals surface area contributed by atoms with E-state index in [4.69, 9.17) is 0 Å². The lowest BCUT2D eigenvalue weighted by Crippen LogP contribution is -2.27. The lowest BCUT2D eigenvalue weighted by atomic mass is 10.0. The number of benzene rings is 3. The van der Waals surface area contributed by atoms with Gasteiger partial charge in [0.25, 0.3) is 5.91 Å². The van der Waals surface area contributed by atoms with E-state index in [2.05, 4.69) is 36.5 Å². The van der Waals surface area contributed by atoms with Gasteiger partial charge in [0.05, 0.1) is 11.6 Å². The van der Waals surface area contributed by atoms with Crippen molar-refractivity contribution in [3.8, 4) is 0 Å². The smallest absolute Gasteiger partial charge is 0.252 e. The Morgan fingerprint density at radius 2 is 1.61 bits per heavy atom. The van der Waals surface area contributed by atoms with Crippen LogP contribution in [0.25, 0.3) is 0 Å². The second kappa shape index (κ2) is 9.56. The fourth-order valence-electron chi connectivity index (χ4n) is 2.92. The minimum Gasteiger partial charge on any atom is -0.345 e. The number of nitrogens with one attached hydrogen (secondary N) is 1. The summed E-state index contributed by atoms with van der Waals surface area (Å²) in [6.45, 7) is 4.12. The number of carbonyl (C=O) groups excluding carboxylic acids is 1. The first-order chi connectivity index (χ1) is 13.6. The lowest BCUT2D eigenvalue weighted by molar-refractivity contribution is 0.0937. The molecule has 3 rings (SSSR count). The van der Waals surface area contributed by atoms with E-state index in [1.807, 2.05) is 31.2 Å². The minimum absolute atomic E-state index is 0.0754. The highest BCUT2D eigenvalue weighted by atomic mass is 32.2. The summed E-state index contributed by atoms with van der Waals surface area (Å²) >= 11 is 1.58. The SMILES string of the molecule is CCc1ccc([C@H](C)NC(=O)c2ccccc2SCc2ccc(F)cc2)cc1. The monoisotopic (exact) mass is 393 g/mol. The van der Waals surface area contributed by atoms with Crippen molar-refractivity contribution in [2.75, 3.05) is 0 Å². The third kappa shape index (κ3) is 5.23. The molecule has 0 radical (unpaired) electrons. The van der Waals surface area contributed by atoms with E-state index in [1.165, 1.54) is 17.7 Å². The zero-order chi connectivity index (χ0) is 19.9. The van der Waals surface area contributed by atoms with E-state index in [9.17, 15) is 9.18 Å². The number of carbonyl (C=O) groups is 1. The molecule has 0 unspecified atom stereocenters. The molecule has 28 heavy (non-hydrogen) atoms. The van der Waals surface area contributed by atoms with Gasteiger partial charge in [0.1, 0.15) is 5.82 Å². The number of rotatable bonds is 7. The molecule has 0 aliphatic heterocycles. The summed E-state index contributed by atoms with van der Waals surface area (Å²) in [5.41, 5.74) is 4.05. The molecule has 0 bridgehead atoms. The Kier molecular flexibility index (Phi) is 6.88. The van der Waals surface area contributed by atoms with Crippen LogP contribution in [-0.4, -0.2) is 5.91 Å². The normalized spacial score (nSPS) is 11.8. The van der Waals surface area contributed by atoms with Gasteiger partial charge in [-0.3, -0.25) is 4.79 Å². The summed E-state index contributed by atoms with van der Waals surface area (Å²) in [7, 11) is 0. The molecule has 3 aromatic carbocycles. The van der Waals surface area contributed by atoms with Gasteiger partial charge in [0.2, 0.25) is 0 Å². The molecule has 4 heteroatoms. The maximum Gasteiger partial charge on any atom is 0.252 e. The Hall–Kier alpha value is -2.59. The summed E-state index contributed by atoms with van der Waals surface area (Å²) in [5.74, 6) is 0.349. The number of aryl methyl sites for hydroxylation is 1. The van der Waals surface area contributed by atoms with Crippen molar-refractivity contribution in [1.82, 2.24) is 5.32 Å². The van der Waals surface area contributed by atoms with Gasteiger partial charge in [-0.25, -0.2) is 4.39 Å². The van der Waals surface area contributed by atoms with Crippen molar-refractivity contribution >= 4 is 17.7 Å². The number of halogens is 1. The number of amides is 1. The molecule has 3 aromatic rings. The van der Waals surface area contributed by atoms with Crippen LogP contribution >= 0.6 is 11.8 Å².